The number of methoxy groups -OCH3 is 1. The zero-order chi connectivity index (χ0) is 22.6. The van der Waals surface area contributed by atoms with E-state index in [1.807, 2.05) is 0 Å². The molecule has 10 heteroatoms. The summed E-state index contributed by atoms with van der Waals surface area (Å²) in [7, 11) is -2.65. The van der Waals surface area contributed by atoms with Gasteiger partial charge in [-0.05, 0) is 36.4 Å². The van der Waals surface area contributed by atoms with Crippen LogP contribution in [-0.2, 0) is 16.6 Å². The van der Waals surface area contributed by atoms with Gasteiger partial charge in [0.25, 0.3) is 5.91 Å². The second-order valence-corrected chi connectivity index (χ2v) is 8.13. The lowest BCUT2D eigenvalue weighted by atomic mass is 10.2. The Labute approximate surface area is 176 Å². The summed E-state index contributed by atoms with van der Waals surface area (Å²) in [5.41, 5.74) is -0.122. The zero-order valence-corrected chi connectivity index (χ0v) is 17.0. The first-order valence-electron chi connectivity index (χ1n) is 8.89. The number of ether oxygens (including phenoxy) is 1. The van der Waals surface area contributed by atoms with Crippen LogP contribution in [0.3, 0.4) is 0 Å². The van der Waals surface area contributed by atoms with E-state index in [0.29, 0.717) is 11.3 Å². The van der Waals surface area contributed by atoms with E-state index in [2.05, 4.69) is 10.0 Å². The average Bonchev–Trinajstić information content (AvgIpc) is 2.75. The van der Waals surface area contributed by atoms with Gasteiger partial charge in [0.1, 0.15) is 11.6 Å². The van der Waals surface area contributed by atoms with Gasteiger partial charge in [0.15, 0.2) is 11.6 Å². The van der Waals surface area contributed by atoms with Crippen LogP contribution in [0.15, 0.2) is 65.6 Å². The largest absolute Gasteiger partial charge is 0.496 e. The molecule has 0 heterocycles. The smallest absolute Gasteiger partial charge is 0.258 e. The van der Waals surface area contributed by atoms with Crippen LogP contribution < -0.4 is 14.8 Å². The molecule has 31 heavy (non-hydrogen) atoms. The third-order valence-corrected chi connectivity index (χ3v) is 5.71. The van der Waals surface area contributed by atoms with Gasteiger partial charge in [0.2, 0.25) is 10.0 Å². The topological polar surface area (TPSA) is 84.5 Å². The molecule has 0 aromatic heterocycles. The molecule has 0 spiro atoms. The second kappa shape index (κ2) is 9.19. The third-order valence-electron chi connectivity index (χ3n) is 4.32. The lowest BCUT2D eigenvalue weighted by Crippen LogP contribution is -2.24. The van der Waals surface area contributed by atoms with Crippen molar-refractivity contribution in [2.75, 3.05) is 12.4 Å². The summed E-state index contributed by atoms with van der Waals surface area (Å²) < 4.78 is 73.3. The van der Waals surface area contributed by atoms with Gasteiger partial charge in [0, 0.05) is 23.9 Å². The van der Waals surface area contributed by atoms with Crippen molar-refractivity contribution in [1.82, 2.24) is 4.72 Å². The maximum absolute atomic E-state index is 14.2. The third kappa shape index (κ3) is 5.22. The van der Waals surface area contributed by atoms with E-state index in [4.69, 9.17) is 4.74 Å². The van der Waals surface area contributed by atoms with Gasteiger partial charge in [-0.2, -0.15) is 0 Å². The van der Waals surface area contributed by atoms with Crippen LogP contribution in [0.5, 0.6) is 5.75 Å². The van der Waals surface area contributed by atoms with Crippen molar-refractivity contribution in [1.29, 1.82) is 0 Å². The normalized spacial score (nSPS) is 11.2. The van der Waals surface area contributed by atoms with Crippen LogP contribution in [0, 0.1) is 17.5 Å². The molecule has 162 valence electrons. The molecule has 0 aliphatic carbocycles. The molecule has 0 aliphatic heterocycles. The Balaban J connectivity index is 1.81. The molecule has 0 atom stereocenters. The van der Waals surface area contributed by atoms with Gasteiger partial charge in [-0.15, -0.1) is 0 Å². The number of amides is 1. The number of halogens is 3. The number of anilines is 1. The van der Waals surface area contributed by atoms with E-state index < -0.39 is 38.9 Å². The zero-order valence-electron chi connectivity index (χ0n) is 16.2. The fourth-order valence-corrected chi connectivity index (χ4v) is 3.76. The van der Waals surface area contributed by atoms with Crippen LogP contribution >= 0.6 is 0 Å². The monoisotopic (exact) mass is 450 g/mol. The van der Waals surface area contributed by atoms with E-state index in [0.717, 1.165) is 36.4 Å². The second-order valence-electron chi connectivity index (χ2n) is 6.36. The molecule has 0 bridgehead atoms. The van der Waals surface area contributed by atoms with Gasteiger partial charge in [-0.3, -0.25) is 4.79 Å². The van der Waals surface area contributed by atoms with E-state index in [-0.39, 0.29) is 17.1 Å². The molecule has 0 radical (unpaired) electrons. The Morgan fingerprint density at radius 2 is 1.65 bits per heavy atom. The minimum atomic E-state index is -4.10. The Morgan fingerprint density at radius 1 is 0.935 bits per heavy atom. The molecule has 0 aliphatic rings. The molecule has 6 nitrogen and oxygen atoms in total. The van der Waals surface area contributed by atoms with Crippen molar-refractivity contribution < 1.29 is 31.1 Å². The molecule has 0 saturated carbocycles. The Hall–Kier alpha value is -3.37. The maximum atomic E-state index is 14.2. The van der Waals surface area contributed by atoms with Gasteiger partial charge in [0.05, 0.1) is 17.6 Å². The lowest BCUT2D eigenvalue weighted by Gasteiger charge is -2.12. The lowest BCUT2D eigenvalue weighted by molar-refractivity contribution is 0.102. The molecule has 0 unspecified atom stereocenters. The van der Waals surface area contributed by atoms with Crippen LogP contribution in [-0.4, -0.2) is 21.4 Å². The molecule has 3 aromatic rings. The minimum Gasteiger partial charge on any atom is -0.496 e. The number of nitrogens with one attached hydrogen (secondary N) is 2. The van der Waals surface area contributed by atoms with E-state index >= 15 is 0 Å². The van der Waals surface area contributed by atoms with Crippen molar-refractivity contribution in [2.24, 2.45) is 0 Å². The van der Waals surface area contributed by atoms with Crippen LogP contribution in [0.25, 0.3) is 0 Å². The number of carbonyl (C=O) groups excluding carboxylic acids is 1. The quantitative estimate of drug-likeness (QED) is 0.573. The number of rotatable bonds is 7. The van der Waals surface area contributed by atoms with Gasteiger partial charge < -0.3 is 10.1 Å². The van der Waals surface area contributed by atoms with Crippen LogP contribution in [0.4, 0.5) is 18.9 Å². The maximum Gasteiger partial charge on any atom is 0.258 e. The number of carbonyl (C=O) groups is 1. The van der Waals surface area contributed by atoms with Crippen molar-refractivity contribution in [3.63, 3.8) is 0 Å². The molecular formula is C21H17F3N2O4S. The summed E-state index contributed by atoms with van der Waals surface area (Å²) in [5, 5.41) is 2.20. The standard InChI is InChI=1S/C21H17F3N2O4S/c1-30-20-5-3-2-4-13(20)12-25-31(28,29)15-7-9-17(22)16(11-15)21(27)26-14-6-8-18(23)19(24)10-14/h2-11,25H,12H2,1H3,(H,26,27). The van der Waals surface area contributed by atoms with Gasteiger partial charge >= 0.3 is 0 Å². The first-order valence-corrected chi connectivity index (χ1v) is 10.4. The minimum absolute atomic E-state index is 0.0971. The predicted molar refractivity (Wildman–Crippen MR) is 108 cm³/mol. The van der Waals surface area contributed by atoms with E-state index in [1.165, 1.54) is 7.11 Å². The number of para-hydroxylation sites is 1. The highest BCUT2D eigenvalue weighted by molar-refractivity contribution is 7.89. The Bertz CT molecular complexity index is 1230. The molecule has 3 rings (SSSR count). The van der Waals surface area contributed by atoms with Crippen molar-refractivity contribution in [3.05, 3.63) is 89.2 Å². The van der Waals surface area contributed by atoms with Crippen LogP contribution in [0.2, 0.25) is 0 Å². The fraction of sp³-hybridized carbons (Fsp3) is 0.0952. The number of benzene rings is 3. The Kier molecular flexibility index (Phi) is 6.62. The summed E-state index contributed by atoms with van der Waals surface area (Å²) in [6.07, 6.45) is 0. The summed E-state index contributed by atoms with van der Waals surface area (Å²) in [6, 6.07) is 12.1. The van der Waals surface area contributed by atoms with E-state index in [9.17, 15) is 26.4 Å². The number of hydrogen-bond acceptors (Lipinski definition) is 4. The fourth-order valence-electron chi connectivity index (χ4n) is 2.72. The summed E-state index contributed by atoms with van der Waals surface area (Å²) >= 11 is 0. The first kappa shape index (κ1) is 22.3. The summed E-state index contributed by atoms with van der Waals surface area (Å²) in [5.74, 6) is -3.83. The van der Waals surface area contributed by atoms with E-state index in [1.54, 1.807) is 24.3 Å². The van der Waals surface area contributed by atoms with Gasteiger partial charge in [-0.25, -0.2) is 26.3 Å². The summed E-state index contributed by atoms with van der Waals surface area (Å²) in [6.45, 7) is -0.0971. The highest BCUT2D eigenvalue weighted by atomic mass is 32.2. The summed E-state index contributed by atoms with van der Waals surface area (Å²) in [4.78, 5) is 12.0. The number of sulfonamides is 1. The molecule has 2 N–H and O–H groups in total. The van der Waals surface area contributed by atoms with Crippen molar-refractivity contribution >= 4 is 21.6 Å². The predicted octanol–water partition coefficient (Wildman–Crippen LogP) is 3.84. The van der Waals surface area contributed by atoms with Crippen LogP contribution in [0.1, 0.15) is 15.9 Å². The van der Waals surface area contributed by atoms with Crippen molar-refractivity contribution in [3.8, 4) is 5.75 Å². The molecule has 0 fully saturated rings. The highest BCUT2D eigenvalue weighted by Crippen LogP contribution is 2.21. The van der Waals surface area contributed by atoms with Gasteiger partial charge in [-0.1, -0.05) is 18.2 Å². The number of hydrogen-bond donors (Lipinski definition) is 2. The highest BCUT2D eigenvalue weighted by Gasteiger charge is 2.20. The average molecular weight is 450 g/mol. The Morgan fingerprint density at radius 3 is 2.35 bits per heavy atom. The molecule has 3 aromatic carbocycles. The van der Waals surface area contributed by atoms with Crippen molar-refractivity contribution in [2.45, 2.75) is 11.4 Å². The molecular weight excluding hydrogens is 433 g/mol. The molecule has 0 saturated heterocycles. The SMILES string of the molecule is COc1ccccc1CNS(=O)(=O)c1ccc(F)c(C(=O)Nc2ccc(F)c(F)c2)c1. The first-order chi connectivity index (χ1) is 14.7. The molecule has 1 amide bonds.